The van der Waals surface area contributed by atoms with Gasteiger partial charge < -0.3 is 10.4 Å². The molecule has 7 nitrogen and oxygen atoms in total. The van der Waals surface area contributed by atoms with Gasteiger partial charge in [-0.2, -0.15) is 0 Å². The zero-order valence-electron chi connectivity index (χ0n) is 11.5. The van der Waals surface area contributed by atoms with Crippen LogP contribution in [-0.4, -0.2) is 38.5 Å². The molecule has 2 heterocycles. The molecule has 2 rings (SSSR count). The molecule has 0 aromatic carbocycles. The molecule has 0 radical (unpaired) electrons. The van der Waals surface area contributed by atoms with E-state index in [2.05, 4.69) is 20.3 Å². The molecule has 0 aliphatic carbocycles. The Morgan fingerprint density at radius 1 is 1.38 bits per heavy atom. The van der Waals surface area contributed by atoms with Crippen LogP contribution in [0.25, 0.3) is 10.7 Å². The van der Waals surface area contributed by atoms with Crippen molar-refractivity contribution in [3.63, 3.8) is 0 Å². The third-order valence-corrected chi connectivity index (χ3v) is 3.65. The van der Waals surface area contributed by atoms with Gasteiger partial charge in [0.1, 0.15) is 16.4 Å². The quantitative estimate of drug-likeness (QED) is 0.866. The van der Waals surface area contributed by atoms with E-state index >= 15 is 0 Å². The lowest BCUT2D eigenvalue weighted by Gasteiger charge is -2.18. The highest BCUT2D eigenvalue weighted by Crippen LogP contribution is 2.21. The molecule has 2 aromatic heterocycles. The minimum atomic E-state index is -1.03. The standard InChI is InChI=1S/C13H14N4O3S/c1-13(2,12(19)20)7-16-10(18)9-6-21-11(17-9)8-5-14-3-4-15-8/h3-6H,7H2,1-2H3,(H,16,18)(H,19,20). The Morgan fingerprint density at radius 3 is 2.76 bits per heavy atom. The maximum Gasteiger partial charge on any atom is 0.310 e. The van der Waals surface area contributed by atoms with Gasteiger partial charge in [-0.25, -0.2) is 4.98 Å². The SMILES string of the molecule is CC(C)(CNC(=O)c1csc(-c2cnccn2)n1)C(=O)O. The average molecular weight is 306 g/mol. The molecule has 21 heavy (non-hydrogen) atoms. The van der Waals surface area contributed by atoms with Crippen molar-refractivity contribution >= 4 is 23.2 Å². The summed E-state index contributed by atoms with van der Waals surface area (Å²) in [7, 11) is 0. The second kappa shape index (κ2) is 5.96. The maximum atomic E-state index is 12.0. The number of nitrogens with one attached hydrogen (secondary N) is 1. The number of aliphatic carboxylic acids is 1. The number of carbonyl (C=O) groups excluding carboxylic acids is 1. The third kappa shape index (κ3) is 3.60. The summed E-state index contributed by atoms with van der Waals surface area (Å²) in [5.41, 5.74) is -0.200. The Morgan fingerprint density at radius 2 is 2.14 bits per heavy atom. The van der Waals surface area contributed by atoms with Crippen molar-refractivity contribution in [2.24, 2.45) is 5.41 Å². The Hall–Kier alpha value is -2.35. The summed E-state index contributed by atoms with van der Waals surface area (Å²) >= 11 is 1.28. The van der Waals surface area contributed by atoms with Crippen LogP contribution >= 0.6 is 11.3 Å². The molecule has 110 valence electrons. The van der Waals surface area contributed by atoms with Gasteiger partial charge in [0, 0.05) is 24.3 Å². The number of hydrogen-bond donors (Lipinski definition) is 2. The molecule has 2 N–H and O–H groups in total. The predicted molar refractivity (Wildman–Crippen MR) is 76.9 cm³/mol. The lowest BCUT2D eigenvalue weighted by molar-refractivity contribution is -0.146. The lowest BCUT2D eigenvalue weighted by Crippen LogP contribution is -2.39. The monoisotopic (exact) mass is 306 g/mol. The van der Waals surface area contributed by atoms with E-state index < -0.39 is 17.3 Å². The van der Waals surface area contributed by atoms with Gasteiger partial charge in [-0.3, -0.25) is 19.6 Å². The first-order valence-electron chi connectivity index (χ1n) is 6.13. The molecular formula is C13H14N4O3S. The Kier molecular flexibility index (Phi) is 4.27. The topological polar surface area (TPSA) is 105 Å². The van der Waals surface area contributed by atoms with Crippen molar-refractivity contribution in [2.75, 3.05) is 6.54 Å². The molecule has 1 amide bonds. The highest BCUT2D eigenvalue weighted by Gasteiger charge is 2.28. The molecule has 0 unspecified atom stereocenters. The Bertz CT molecular complexity index is 654. The summed E-state index contributed by atoms with van der Waals surface area (Å²) in [6.07, 6.45) is 4.67. The average Bonchev–Trinajstić information content (AvgIpc) is 2.95. The molecular weight excluding hydrogens is 292 g/mol. The van der Waals surface area contributed by atoms with Crippen LogP contribution in [0.15, 0.2) is 24.0 Å². The summed E-state index contributed by atoms with van der Waals surface area (Å²) in [4.78, 5) is 35.2. The van der Waals surface area contributed by atoms with Crippen LogP contribution in [0.5, 0.6) is 0 Å². The molecule has 0 atom stereocenters. The normalized spacial score (nSPS) is 11.1. The summed E-state index contributed by atoms with van der Waals surface area (Å²) in [6, 6.07) is 0. The van der Waals surface area contributed by atoms with Gasteiger partial charge in [0.2, 0.25) is 0 Å². The van der Waals surface area contributed by atoms with Crippen LogP contribution in [0.2, 0.25) is 0 Å². The number of carbonyl (C=O) groups is 2. The van der Waals surface area contributed by atoms with E-state index in [9.17, 15) is 9.59 Å². The summed E-state index contributed by atoms with van der Waals surface area (Å²) in [5, 5.41) is 13.8. The van der Waals surface area contributed by atoms with Gasteiger partial charge in [0.25, 0.3) is 5.91 Å². The Labute approximate surface area is 125 Å². The first-order chi connectivity index (χ1) is 9.90. The maximum absolute atomic E-state index is 12.0. The molecule has 0 saturated heterocycles. The number of thiazole rings is 1. The summed E-state index contributed by atoms with van der Waals surface area (Å²) in [6.45, 7) is 3.11. The molecule has 0 spiro atoms. The fraction of sp³-hybridized carbons (Fsp3) is 0.308. The van der Waals surface area contributed by atoms with E-state index in [0.717, 1.165) is 0 Å². The van der Waals surface area contributed by atoms with Crippen LogP contribution in [0.1, 0.15) is 24.3 Å². The predicted octanol–water partition coefficient (Wildman–Crippen LogP) is 1.44. The summed E-state index contributed by atoms with van der Waals surface area (Å²) in [5.74, 6) is -1.38. The fourth-order valence-corrected chi connectivity index (χ4v) is 2.13. The van der Waals surface area contributed by atoms with Crippen molar-refractivity contribution in [2.45, 2.75) is 13.8 Å². The van der Waals surface area contributed by atoms with Crippen molar-refractivity contribution in [1.29, 1.82) is 0 Å². The first kappa shape index (κ1) is 15.0. The summed E-state index contributed by atoms with van der Waals surface area (Å²) < 4.78 is 0. The number of rotatable bonds is 5. The van der Waals surface area contributed by atoms with E-state index in [1.165, 1.54) is 11.3 Å². The van der Waals surface area contributed by atoms with Crippen LogP contribution in [0.4, 0.5) is 0 Å². The van der Waals surface area contributed by atoms with Gasteiger partial charge in [-0.15, -0.1) is 11.3 Å². The number of nitrogens with zero attached hydrogens (tertiary/aromatic N) is 3. The van der Waals surface area contributed by atoms with E-state index in [0.29, 0.717) is 10.7 Å². The zero-order valence-corrected chi connectivity index (χ0v) is 12.3. The second-order valence-corrected chi connectivity index (χ2v) is 5.86. The van der Waals surface area contributed by atoms with Gasteiger partial charge in [0.05, 0.1) is 11.6 Å². The highest BCUT2D eigenvalue weighted by atomic mass is 32.1. The number of amides is 1. The number of hydrogen-bond acceptors (Lipinski definition) is 6. The van der Waals surface area contributed by atoms with Gasteiger partial charge in [-0.05, 0) is 13.8 Å². The smallest absolute Gasteiger partial charge is 0.310 e. The van der Waals surface area contributed by atoms with Gasteiger partial charge in [0.15, 0.2) is 0 Å². The van der Waals surface area contributed by atoms with E-state index in [1.807, 2.05) is 0 Å². The lowest BCUT2D eigenvalue weighted by atomic mass is 9.94. The van der Waals surface area contributed by atoms with Gasteiger partial charge >= 0.3 is 5.97 Å². The first-order valence-corrected chi connectivity index (χ1v) is 7.01. The van der Waals surface area contributed by atoms with E-state index in [4.69, 9.17) is 5.11 Å². The third-order valence-electron chi connectivity index (χ3n) is 2.79. The largest absolute Gasteiger partial charge is 0.481 e. The minimum Gasteiger partial charge on any atom is -0.481 e. The zero-order chi connectivity index (χ0) is 15.5. The molecule has 0 fully saturated rings. The van der Waals surface area contributed by atoms with Crippen LogP contribution in [-0.2, 0) is 4.79 Å². The number of aromatic nitrogens is 3. The molecule has 0 bridgehead atoms. The van der Waals surface area contributed by atoms with Gasteiger partial charge in [-0.1, -0.05) is 0 Å². The number of carboxylic acids is 1. The highest BCUT2D eigenvalue weighted by molar-refractivity contribution is 7.13. The van der Waals surface area contributed by atoms with Crippen molar-refractivity contribution < 1.29 is 14.7 Å². The van der Waals surface area contributed by atoms with Crippen molar-refractivity contribution in [3.05, 3.63) is 29.7 Å². The van der Waals surface area contributed by atoms with Crippen LogP contribution in [0, 0.1) is 5.41 Å². The van der Waals surface area contributed by atoms with Crippen LogP contribution in [0.3, 0.4) is 0 Å². The molecule has 8 heteroatoms. The molecule has 0 aliphatic heterocycles. The fourth-order valence-electron chi connectivity index (χ4n) is 1.37. The minimum absolute atomic E-state index is 0.0270. The second-order valence-electron chi connectivity index (χ2n) is 5.00. The van der Waals surface area contributed by atoms with Crippen LogP contribution < -0.4 is 5.32 Å². The molecule has 2 aromatic rings. The van der Waals surface area contributed by atoms with E-state index in [-0.39, 0.29) is 12.2 Å². The number of carboxylic acid groups (broad SMARTS) is 1. The molecule has 0 aliphatic rings. The Balaban J connectivity index is 2.05. The van der Waals surface area contributed by atoms with Crippen molar-refractivity contribution in [1.82, 2.24) is 20.3 Å². The molecule has 0 saturated carbocycles. The van der Waals surface area contributed by atoms with Crippen molar-refractivity contribution in [3.8, 4) is 10.7 Å². The van der Waals surface area contributed by atoms with E-state index in [1.54, 1.807) is 37.8 Å².